The highest BCUT2D eigenvalue weighted by atomic mass is 32.2. The summed E-state index contributed by atoms with van der Waals surface area (Å²) < 4.78 is 11.3. The summed E-state index contributed by atoms with van der Waals surface area (Å²) in [6.45, 7) is 2.61. The Hall–Kier alpha value is -0.810. The van der Waals surface area contributed by atoms with Gasteiger partial charge in [0.1, 0.15) is 0 Å². The molecule has 2 unspecified atom stereocenters. The van der Waals surface area contributed by atoms with Crippen molar-refractivity contribution in [3.63, 3.8) is 0 Å². The molecular formula is C14H20N2OS2. The van der Waals surface area contributed by atoms with Gasteiger partial charge in [0.15, 0.2) is 5.17 Å². The van der Waals surface area contributed by atoms with Crippen LogP contribution in [0.15, 0.2) is 35.3 Å². The largest absolute Gasteiger partial charge is 0.361 e. The Balaban J connectivity index is 1.77. The van der Waals surface area contributed by atoms with Gasteiger partial charge in [0.25, 0.3) is 0 Å². The lowest BCUT2D eigenvalue weighted by Crippen LogP contribution is -2.29. The van der Waals surface area contributed by atoms with Crippen LogP contribution in [0.2, 0.25) is 0 Å². The van der Waals surface area contributed by atoms with Crippen molar-refractivity contribution in [2.45, 2.75) is 19.4 Å². The third kappa shape index (κ3) is 4.99. The fourth-order valence-electron chi connectivity index (χ4n) is 1.93. The smallest absolute Gasteiger partial charge is 0.156 e. The first-order valence-corrected chi connectivity index (χ1v) is 9.08. The van der Waals surface area contributed by atoms with Gasteiger partial charge in [-0.25, -0.2) is 0 Å². The lowest BCUT2D eigenvalue weighted by Gasteiger charge is -2.09. The average molecular weight is 296 g/mol. The van der Waals surface area contributed by atoms with Crippen molar-refractivity contribution in [1.29, 1.82) is 0 Å². The van der Waals surface area contributed by atoms with Crippen LogP contribution in [0.1, 0.15) is 12.5 Å². The van der Waals surface area contributed by atoms with E-state index in [2.05, 4.69) is 34.6 Å². The van der Waals surface area contributed by atoms with Gasteiger partial charge in [-0.1, -0.05) is 49.0 Å². The molecule has 0 bridgehead atoms. The molecule has 2 atom stereocenters. The van der Waals surface area contributed by atoms with Gasteiger partial charge >= 0.3 is 0 Å². The summed E-state index contributed by atoms with van der Waals surface area (Å²) in [6.07, 6.45) is 1.04. The Labute approximate surface area is 121 Å². The first kappa shape index (κ1) is 14.6. The number of thioether (sulfide) groups is 1. The van der Waals surface area contributed by atoms with Gasteiger partial charge < -0.3 is 5.32 Å². The van der Waals surface area contributed by atoms with Gasteiger partial charge in [0.05, 0.1) is 6.54 Å². The van der Waals surface area contributed by atoms with E-state index >= 15 is 0 Å². The highest BCUT2D eigenvalue weighted by Gasteiger charge is 2.20. The van der Waals surface area contributed by atoms with E-state index in [9.17, 15) is 4.21 Å². The summed E-state index contributed by atoms with van der Waals surface area (Å²) in [7, 11) is -0.711. The molecule has 5 heteroatoms. The summed E-state index contributed by atoms with van der Waals surface area (Å²) in [4.78, 5) is 4.48. The van der Waals surface area contributed by atoms with E-state index in [0.717, 1.165) is 23.1 Å². The number of aliphatic imine (C=N–C) groups is 1. The van der Waals surface area contributed by atoms with Crippen LogP contribution in [0.5, 0.6) is 0 Å². The molecule has 0 radical (unpaired) electrons. The number of nitrogens with zero attached hydrogens (tertiary/aromatic N) is 1. The highest BCUT2D eigenvalue weighted by Crippen LogP contribution is 2.17. The topological polar surface area (TPSA) is 41.5 Å². The summed E-state index contributed by atoms with van der Waals surface area (Å²) in [5, 5.41) is 4.45. The number of rotatable bonds is 6. The summed E-state index contributed by atoms with van der Waals surface area (Å²) in [5.74, 6) is 2.46. The van der Waals surface area contributed by atoms with E-state index in [1.54, 1.807) is 11.8 Å². The number of benzene rings is 1. The predicted molar refractivity (Wildman–Crippen MR) is 85.4 cm³/mol. The zero-order valence-corrected chi connectivity index (χ0v) is 12.8. The Morgan fingerprint density at radius 1 is 1.42 bits per heavy atom. The zero-order chi connectivity index (χ0) is 13.5. The molecule has 1 saturated heterocycles. The quantitative estimate of drug-likeness (QED) is 0.873. The van der Waals surface area contributed by atoms with Crippen LogP contribution in [0.4, 0.5) is 0 Å². The number of hydrogen-bond donors (Lipinski definition) is 1. The summed E-state index contributed by atoms with van der Waals surface area (Å²) in [5.41, 5.74) is 1.36. The van der Waals surface area contributed by atoms with E-state index in [4.69, 9.17) is 0 Å². The van der Waals surface area contributed by atoms with E-state index in [-0.39, 0.29) is 0 Å². The molecule has 0 aromatic heterocycles. The second-order valence-electron chi connectivity index (χ2n) is 4.46. The van der Waals surface area contributed by atoms with Gasteiger partial charge in [-0.2, -0.15) is 0 Å². The van der Waals surface area contributed by atoms with Crippen LogP contribution >= 0.6 is 11.8 Å². The molecule has 19 heavy (non-hydrogen) atoms. The normalized spacial score (nSPS) is 22.4. The van der Waals surface area contributed by atoms with E-state index in [1.165, 1.54) is 5.56 Å². The van der Waals surface area contributed by atoms with Crippen molar-refractivity contribution in [3.8, 4) is 0 Å². The van der Waals surface area contributed by atoms with Crippen molar-refractivity contribution in [1.82, 2.24) is 5.32 Å². The standard InChI is InChI=1S/C14H20N2OS2/c1-2-19(17)9-8-15-14-16-13(11-18-14)10-12-6-4-3-5-7-12/h3-7,13H,2,8-11H2,1H3,(H,15,16). The second-order valence-corrected chi connectivity index (χ2v) is 7.34. The molecule has 3 nitrogen and oxygen atoms in total. The van der Waals surface area contributed by atoms with Crippen LogP contribution < -0.4 is 5.32 Å². The second kappa shape index (κ2) is 7.70. The maximum atomic E-state index is 11.3. The van der Waals surface area contributed by atoms with Crippen LogP contribution in [0, 0.1) is 0 Å². The minimum Gasteiger partial charge on any atom is -0.361 e. The van der Waals surface area contributed by atoms with Gasteiger partial charge in [-0.3, -0.25) is 9.20 Å². The first-order valence-electron chi connectivity index (χ1n) is 6.60. The molecule has 0 amide bonds. The molecule has 1 N–H and O–H groups in total. The molecule has 0 spiro atoms. The van der Waals surface area contributed by atoms with Crippen molar-refractivity contribution in [2.24, 2.45) is 4.99 Å². The molecular weight excluding hydrogens is 276 g/mol. The first-order chi connectivity index (χ1) is 9.28. The lowest BCUT2D eigenvalue weighted by molar-refractivity contribution is 0.682. The minimum atomic E-state index is -0.711. The third-order valence-electron chi connectivity index (χ3n) is 2.97. The molecule has 2 rings (SSSR count). The Morgan fingerprint density at radius 2 is 2.21 bits per heavy atom. The Morgan fingerprint density at radius 3 is 2.95 bits per heavy atom. The fourth-order valence-corrected chi connectivity index (χ4v) is 3.51. The SMILES string of the molecule is CCS(=O)CCN=C1NC(Cc2ccccc2)CS1. The third-order valence-corrected chi connectivity index (χ3v) is 5.34. The molecule has 1 aliphatic heterocycles. The number of nitrogens with one attached hydrogen (secondary N) is 1. The van der Waals surface area contributed by atoms with Gasteiger partial charge in [0, 0.05) is 34.1 Å². The van der Waals surface area contributed by atoms with Crippen molar-refractivity contribution < 1.29 is 4.21 Å². The molecule has 0 saturated carbocycles. The number of amidine groups is 1. The summed E-state index contributed by atoms with van der Waals surface area (Å²) in [6, 6.07) is 11.0. The van der Waals surface area contributed by atoms with E-state index in [0.29, 0.717) is 18.3 Å². The van der Waals surface area contributed by atoms with Crippen LogP contribution in [-0.2, 0) is 17.2 Å². The molecule has 1 aromatic rings. The molecule has 1 aromatic carbocycles. The summed E-state index contributed by atoms with van der Waals surface area (Å²) >= 11 is 1.77. The van der Waals surface area contributed by atoms with Gasteiger partial charge in [0.2, 0.25) is 0 Å². The minimum absolute atomic E-state index is 0.461. The van der Waals surface area contributed by atoms with E-state index < -0.39 is 10.8 Å². The highest BCUT2D eigenvalue weighted by molar-refractivity contribution is 8.14. The molecule has 0 aliphatic carbocycles. The van der Waals surface area contributed by atoms with Gasteiger partial charge in [-0.05, 0) is 12.0 Å². The lowest BCUT2D eigenvalue weighted by atomic mass is 10.1. The molecule has 104 valence electrons. The fraction of sp³-hybridized carbons (Fsp3) is 0.500. The number of hydrogen-bond acceptors (Lipinski definition) is 3. The van der Waals surface area contributed by atoms with Crippen molar-refractivity contribution >= 4 is 27.7 Å². The molecule has 1 aliphatic rings. The van der Waals surface area contributed by atoms with Crippen molar-refractivity contribution in [2.75, 3.05) is 23.8 Å². The van der Waals surface area contributed by atoms with E-state index in [1.807, 2.05) is 13.0 Å². The van der Waals surface area contributed by atoms with Crippen LogP contribution in [0.3, 0.4) is 0 Å². The van der Waals surface area contributed by atoms with Crippen molar-refractivity contribution in [3.05, 3.63) is 35.9 Å². The Bertz CT molecular complexity index is 448. The molecule has 1 heterocycles. The molecule has 1 fully saturated rings. The average Bonchev–Trinajstić information content (AvgIpc) is 2.87. The predicted octanol–water partition coefficient (Wildman–Crippen LogP) is 2.06. The monoisotopic (exact) mass is 296 g/mol. The van der Waals surface area contributed by atoms with Crippen LogP contribution in [-0.4, -0.2) is 39.2 Å². The maximum Gasteiger partial charge on any atom is 0.156 e. The maximum absolute atomic E-state index is 11.3. The Kier molecular flexibility index (Phi) is 5.92. The van der Waals surface area contributed by atoms with Crippen LogP contribution in [0.25, 0.3) is 0 Å². The zero-order valence-electron chi connectivity index (χ0n) is 11.2. The van der Waals surface area contributed by atoms with Gasteiger partial charge in [-0.15, -0.1) is 0 Å².